The number of hydrogen-bond donors (Lipinski definition) is 1. The number of anilines is 1. The summed E-state index contributed by atoms with van der Waals surface area (Å²) < 4.78 is 38.2. The van der Waals surface area contributed by atoms with Crippen LogP contribution in [0.1, 0.15) is 32.1 Å². The van der Waals surface area contributed by atoms with E-state index in [0.717, 1.165) is 16.7 Å². The van der Waals surface area contributed by atoms with E-state index in [1.54, 1.807) is 13.8 Å². The molecule has 0 fully saturated rings. The predicted octanol–water partition coefficient (Wildman–Crippen LogP) is 4.14. The van der Waals surface area contributed by atoms with Crippen molar-refractivity contribution in [2.24, 2.45) is 0 Å². The Hall–Kier alpha value is -1.89. The Morgan fingerprint density at radius 1 is 1.24 bits per heavy atom. The summed E-state index contributed by atoms with van der Waals surface area (Å²) in [5.74, 6) is -0.823. The van der Waals surface area contributed by atoms with Crippen LogP contribution in [0.5, 0.6) is 0 Å². The second-order valence-electron chi connectivity index (χ2n) is 4.71. The van der Waals surface area contributed by atoms with E-state index in [0.29, 0.717) is 17.0 Å². The number of aromatic nitrogens is 1. The third-order valence-electron chi connectivity index (χ3n) is 2.91. The van der Waals surface area contributed by atoms with Gasteiger partial charge >= 0.3 is 6.18 Å². The number of alkyl halides is 3. The zero-order chi connectivity index (χ0) is 15.8. The van der Waals surface area contributed by atoms with Gasteiger partial charge in [0.2, 0.25) is 0 Å². The van der Waals surface area contributed by atoms with Gasteiger partial charge in [-0.25, -0.2) is 4.98 Å². The van der Waals surface area contributed by atoms with Crippen molar-refractivity contribution in [3.8, 4) is 0 Å². The monoisotopic (exact) mass is 313 g/mol. The molecule has 1 heterocycles. The number of amides is 1. The zero-order valence-electron chi connectivity index (χ0n) is 11.6. The molecule has 0 saturated carbocycles. The summed E-state index contributed by atoms with van der Waals surface area (Å²) in [7, 11) is 0. The molecule has 1 amide bonds. The number of nitrogens with zero attached hydrogens (tertiary/aromatic N) is 1. The second kappa shape index (κ2) is 5.48. The third kappa shape index (κ3) is 3.24. The van der Waals surface area contributed by atoms with Crippen LogP contribution in [-0.4, -0.2) is 10.9 Å². The first-order valence-corrected chi connectivity index (χ1v) is 6.85. The van der Waals surface area contributed by atoms with Crippen molar-refractivity contribution in [2.45, 2.75) is 26.9 Å². The molecule has 111 valence electrons. The predicted molar refractivity (Wildman–Crippen MR) is 74.6 cm³/mol. The minimum absolute atomic E-state index is 0.484. The quantitative estimate of drug-likeness (QED) is 0.905. The number of benzene rings is 1. The van der Waals surface area contributed by atoms with Gasteiger partial charge in [0.05, 0.1) is 0 Å². The minimum Gasteiger partial charge on any atom is -0.321 e. The van der Waals surface area contributed by atoms with Crippen LogP contribution in [0, 0.1) is 26.3 Å². The third-order valence-corrected chi connectivity index (χ3v) is 3.68. The molecule has 1 aromatic heterocycles. The van der Waals surface area contributed by atoms with Crippen molar-refractivity contribution < 1.29 is 18.0 Å². The maximum absolute atomic E-state index is 12.7. The van der Waals surface area contributed by atoms with Crippen molar-refractivity contribution in [1.82, 2.24) is 4.98 Å². The van der Waals surface area contributed by atoms with Gasteiger partial charge in [0, 0.05) is 5.69 Å². The van der Waals surface area contributed by atoms with E-state index >= 15 is 0 Å². The number of hydrogen-bond acceptors (Lipinski definition) is 3. The summed E-state index contributed by atoms with van der Waals surface area (Å²) in [4.78, 5) is 14.7. The maximum atomic E-state index is 12.7. The van der Waals surface area contributed by atoms with E-state index in [1.165, 1.54) is 0 Å². The molecule has 0 unspecified atom stereocenters. The van der Waals surface area contributed by atoms with Gasteiger partial charge in [-0.2, -0.15) is 13.2 Å². The molecule has 0 spiro atoms. The van der Waals surface area contributed by atoms with Crippen molar-refractivity contribution >= 4 is 22.9 Å². The second-order valence-corrected chi connectivity index (χ2v) is 5.50. The number of nitrogens with one attached hydrogen (secondary N) is 1. The van der Waals surface area contributed by atoms with Crippen molar-refractivity contribution in [3.63, 3.8) is 0 Å². The van der Waals surface area contributed by atoms with Gasteiger partial charge in [-0.05, 0) is 31.9 Å². The lowest BCUT2D eigenvalue weighted by Crippen LogP contribution is -2.18. The Bertz CT molecular complexity index is 669. The van der Waals surface area contributed by atoms with E-state index in [9.17, 15) is 18.0 Å². The van der Waals surface area contributed by atoms with Crippen LogP contribution in [0.4, 0.5) is 18.9 Å². The van der Waals surface area contributed by atoms with Gasteiger partial charge < -0.3 is 5.32 Å². The molecule has 7 heteroatoms. The summed E-state index contributed by atoms with van der Waals surface area (Å²) in [5.41, 5.74) is 4.05. The standard InChI is InChI=1S/C14H12F3N2OS/c1-7-4-8(2)10(9(3)5-7)19-13(20)11-12(14(15,16)17)18-6-21-11/h4-5H,1-3H3,(H,19,20). The van der Waals surface area contributed by atoms with Crippen LogP contribution < -0.4 is 5.32 Å². The lowest BCUT2D eigenvalue weighted by Gasteiger charge is -2.13. The molecule has 21 heavy (non-hydrogen) atoms. The Morgan fingerprint density at radius 2 is 1.81 bits per heavy atom. The smallest absolute Gasteiger partial charge is 0.321 e. The normalized spacial score (nSPS) is 11.5. The highest BCUT2D eigenvalue weighted by Gasteiger charge is 2.38. The zero-order valence-corrected chi connectivity index (χ0v) is 12.4. The Labute approximate surface area is 123 Å². The number of halogens is 3. The molecule has 0 aliphatic carbocycles. The summed E-state index contributed by atoms with van der Waals surface area (Å²) in [6.45, 7) is 5.49. The fraction of sp³-hybridized carbons (Fsp3) is 0.286. The van der Waals surface area contributed by atoms with Crippen molar-refractivity contribution in [3.05, 3.63) is 44.9 Å². The van der Waals surface area contributed by atoms with E-state index in [-0.39, 0.29) is 0 Å². The molecule has 0 atom stereocenters. The number of aryl methyl sites for hydroxylation is 3. The summed E-state index contributed by atoms with van der Waals surface area (Å²) in [6, 6.07) is 3.71. The highest BCUT2D eigenvalue weighted by Crippen LogP contribution is 2.33. The van der Waals surface area contributed by atoms with Gasteiger partial charge in [0.15, 0.2) is 11.2 Å². The van der Waals surface area contributed by atoms with Crippen LogP contribution in [-0.2, 0) is 6.18 Å². The lowest BCUT2D eigenvalue weighted by molar-refractivity contribution is -0.141. The van der Waals surface area contributed by atoms with Gasteiger partial charge in [0.25, 0.3) is 5.91 Å². The van der Waals surface area contributed by atoms with Gasteiger partial charge in [-0.3, -0.25) is 4.79 Å². The topological polar surface area (TPSA) is 42.0 Å². The fourth-order valence-corrected chi connectivity index (χ4v) is 2.74. The molecule has 1 radical (unpaired) electrons. The Kier molecular flexibility index (Phi) is 4.04. The fourth-order valence-electron chi connectivity index (χ4n) is 2.11. The SMILES string of the molecule is Cc1cc(C)c(NC(=O)c2s[c]nc2C(F)(F)F)c(C)c1. The van der Waals surface area contributed by atoms with Crippen LogP contribution >= 0.6 is 11.3 Å². The van der Waals surface area contributed by atoms with Gasteiger partial charge in [0.1, 0.15) is 4.88 Å². The van der Waals surface area contributed by atoms with Crippen LogP contribution in [0.15, 0.2) is 12.1 Å². The van der Waals surface area contributed by atoms with Gasteiger partial charge in [-0.1, -0.05) is 17.7 Å². The average molecular weight is 313 g/mol. The number of carbonyl (C=O) groups is 1. The largest absolute Gasteiger partial charge is 0.435 e. The molecule has 1 aromatic carbocycles. The highest BCUT2D eigenvalue weighted by molar-refractivity contribution is 7.11. The molecule has 0 aliphatic heterocycles. The first kappa shape index (κ1) is 15.5. The molecule has 0 bridgehead atoms. The summed E-state index contributed by atoms with van der Waals surface area (Å²) in [6.07, 6.45) is -4.67. The van der Waals surface area contributed by atoms with E-state index in [4.69, 9.17) is 0 Å². The molecule has 3 nitrogen and oxygen atoms in total. The summed E-state index contributed by atoms with van der Waals surface area (Å²) >= 11 is 0.550. The number of carbonyl (C=O) groups excluding carboxylic acids is 1. The molecular weight excluding hydrogens is 301 g/mol. The van der Waals surface area contributed by atoms with E-state index < -0.39 is 22.7 Å². The molecule has 2 aromatic rings. The first-order chi connectivity index (χ1) is 9.70. The first-order valence-electron chi connectivity index (χ1n) is 6.03. The number of rotatable bonds is 2. The Morgan fingerprint density at radius 3 is 2.33 bits per heavy atom. The van der Waals surface area contributed by atoms with Crippen LogP contribution in [0.25, 0.3) is 0 Å². The molecule has 0 aliphatic rings. The number of thiazole rings is 1. The van der Waals surface area contributed by atoms with Crippen LogP contribution in [0.2, 0.25) is 0 Å². The highest BCUT2D eigenvalue weighted by atomic mass is 32.1. The summed E-state index contributed by atoms with van der Waals surface area (Å²) in [5, 5.41) is 2.53. The molecular formula is C14H12F3N2OS. The van der Waals surface area contributed by atoms with Crippen LogP contribution in [0.3, 0.4) is 0 Å². The molecule has 0 saturated heterocycles. The maximum Gasteiger partial charge on any atom is 0.435 e. The van der Waals surface area contributed by atoms with Gasteiger partial charge in [-0.15, -0.1) is 11.3 Å². The Balaban J connectivity index is 2.34. The van der Waals surface area contributed by atoms with E-state index in [1.807, 2.05) is 19.1 Å². The average Bonchev–Trinajstić information content (AvgIpc) is 2.82. The molecule has 1 N–H and O–H groups in total. The van der Waals surface area contributed by atoms with Crippen molar-refractivity contribution in [2.75, 3.05) is 5.32 Å². The minimum atomic E-state index is -4.67. The van der Waals surface area contributed by atoms with Crippen molar-refractivity contribution in [1.29, 1.82) is 0 Å². The van der Waals surface area contributed by atoms with E-state index in [2.05, 4.69) is 15.8 Å². The lowest BCUT2D eigenvalue weighted by atomic mass is 10.1. The molecule has 2 rings (SSSR count).